The quantitative estimate of drug-likeness (QED) is 0.779. The van der Waals surface area contributed by atoms with Crippen LogP contribution >= 0.6 is 11.3 Å². The number of hydrogen-bond donors (Lipinski definition) is 2. The van der Waals surface area contributed by atoms with E-state index in [2.05, 4.69) is 43.1 Å². The minimum absolute atomic E-state index is 0.352. The van der Waals surface area contributed by atoms with Crippen LogP contribution in [0.3, 0.4) is 0 Å². The fourth-order valence-corrected chi connectivity index (χ4v) is 2.27. The maximum absolute atomic E-state index is 5.45. The fourth-order valence-electron chi connectivity index (χ4n) is 1.56. The molecule has 6 nitrogen and oxygen atoms in total. The van der Waals surface area contributed by atoms with Gasteiger partial charge in [-0.1, -0.05) is 13.0 Å². The van der Waals surface area contributed by atoms with Crippen molar-refractivity contribution in [2.24, 2.45) is 0 Å². The van der Waals surface area contributed by atoms with Gasteiger partial charge in [0.25, 0.3) is 0 Å². The van der Waals surface area contributed by atoms with Gasteiger partial charge in [0.2, 0.25) is 11.9 Å². The zero-order chi connectivity index (χ0) is 14.2. The average molecular weight is 293 g/mol. The van der Waals surface area contributed by atoms with Crippen LogP contribution in [0, 0.1) is 0 Å². The van der Waals surface area contributed by atoms with Crippen LogP contribution in [0.4, 0.5) is 11.9 Å². The summed E-state index contributed by atoms with van der Waals surface area (Å²) >= 11 is 1.75. The van der Waals surface area contributed by atoms with Crippen molar-refractivity contribution in [1.82, 2.24) is 15.0 Å². The average Bonchev–Trinajstić information content (AvgIpc) is 2.98. The molecule has 0 radical (unpaired) electrons. The summed E-state index contributed by atoms with van der Waals surface area (Å²) in [5, 5.41) is 8.18. The van der Waals surface area contributed by atoms with Crippen molar-refractivity contribution in [3.05, 3.63) is 22.4 Å². The van der Waals surface area contributed by atoms with Gasteiger partial charge in [-0.3, -0.25) is 0 Å². The SMILES string of the molecule is CCCOc1nc(NC)nc(NCCc2cccs2)n1. The molecule has 2 heterocycles. The predicted molar refractivity (Wildman–Crippen MR) is 81.7 cm³/mol. The van der Waals surface area contributed by atoms with E-state index in [1.54, 1.807) is 18.4 Å². The van der Waals surface area contributed by atoms with E-state index in [-0.39, 0.29) is 0 Å². The lowest BCUT2D eigenvalue weighted by Crippen LogP contribution is -2.11. The minimum Gasteiger partial charge on any atom is -0.463 e. The topological polar surface area (TPSA) is 72.0 Å². The number of aromatic nitrogens is 3. The summed E-state index contributed by atoms with van der Waals surface area (Å²) in [6.45, 7) is 3.42. The van der Waals surface area contributed by atoms with Crippen LogP contribution in [-0.4, -0.2) is 35.2 Å². The second-order valence-corrected chi connectivity index (χ2v) is 5.15. The Balaban J connectivity index is 1.94. The first-order chi connectivity index (χ1) is 9.81. The first-order valence-corrected chi connectivity index (χ1v) is 7.52. The molecule has 0 unspecified atom stereocenters. The number of thiophene rings is 1. The highest BCUT2D eigenvalue weighted by Crippen LogP contribution is 2.12. The van der Waals surface area contributed by atoms with Crippen molar-refractivity contribution in [3.63, 3.8) is 0 Å². The van der Waals surface area contributed by atoms with Crippen LogP contribution < -0.4 is 15.4 Å². The number of hydrogen-bond acceptors (Lipinski definition) is 7. The summed E-state index contributed by atoms with van der Waals surface area (Å²) < 4.78 is 5.45. The molecule has 7 heteroatoms. The van der Waals surface area contributed by atoms with Crippen LogP contribution in [0.1, 0.15) is 18.2 Å². The fraction of sp³-hybridized carbons (Fsp3) is 0.462. The highest BCUT2D eigenvalue weighted by molar-refractivity contribution is 7.09. The van der Waals surface area contributed by atoms with Crippen molar-refractivity contribution in [2.45, 2.75) is 19.8 Å². The van der Waals surface area contributed by atoms with E-state index in [0.29, 0.717) is 24.5 Å². The van der Waals surface area contributed by atoms with Gasteiger partial charge in [0, 0.05) is 18.5 Å². The smallest absolute Gasteiger partial charge is 0.323 e. The van der Waals surface area contributed by atoms with Crippen LogP contribution in [0.25, 0.3) is 0 Å². The van der Waals surface area contributed by atoms with Gasteiger partial charge in [-0.2, -0.15) is 15.0 Å². The van der Waals surface area contributed by atoms with Crippen molar-refractivity contribution >= 4 is 23.2 Å². The standard InChI is InChI=1S/C13H19N5OS/c1-3-8-19-13-17-11(14-2)16-12(18-13)15-7-6-10-5-4-9-20-10/h4-5,9H,3,6-8H2,1-2H3,(H2,14,15,16,17,18). The first kappa shape index (κ1) is 14.5. The van der Waals surface area contributed by atoms with Gasteiger partial charge in [0.1, 0.15) is 0 Å². The molecule has 0 amide bonds. The van der Waals surface area contributed by atoms with Crippen molar-refractivity contribution in [2.75, 3.05) is 30.8 Å². The molecule has 0 atom stereocenters. The normalized spacial score (nSPS) is 10.3. The molecular formula is C13H19N5OS. The Kier molecular flexibility index (Phi) is 5.55. The third kappa shape index (κ3) is 4.34. The Hall–Kier alpha value is -1.89. The summed E-state index contributed by atoms with van der Waals surface area (Å²) in [5.41, 5.74) is 0. The molecule has 0 aliphatic heterocycles. The molecule has 0 fully saturated rings. The maximum Gasteiger partial charge on any atom is 0.323 e. The second-order valence-electron chi connectivity index (χ2n) is 4.12. The van der Waals surface area contributed by atoms with Crippen LogP contribution in [0.15, 0.2) is 17.5 Å². The van der Waals surface area contributed by atoms with E-state index in [9.17, 15) is 0 Å². The molecule has 0 saturated heterocycles. The summed E-state index contributed by atoms with van der Waals surface area (Å²) in [7, 11) is 1.77. The highest BCUT2D eigenvalue weighted by atomic mass is 32.1. The molecule has 20 heavy (non-hydrogen) atoms. The Labute approximate surface area is 122 Å². The molecule has 0 bridgehead atoms. The lowest BCUT2D eigenvalue weighted by Gasteiger charge is -2.08. The minimum atomic E-state index is 0.352. The molecule has 0 spiro atoms. The number of nitrogens with one attached hydrogen (secondary N) is 2. The molecule has 108 valence electrons. The van der Waals surface area contributed by atoms with Crippen LogP contribution in [-0.2, 0) is 6.42 Å². The van der Waals surface area contributed by atoms with E-state index in [0.717, 1.165) is 19.4 Å². The summed E-state index contributed by atoms with van der Waals surface area (Å²) in [5.74, 6) is 1.04. The highest BCUT2D eigenvalue weighted by Gasteiger charge is 2.06. The maximum atomic E-state index is 5.45. The van der Waals surface area contributed by atoms with Gasteiger partial charge >= 0.3 is 6.01 Å². The molecule has 0 aliphatic rings. The number of ether oxygens (including phenoxy) is 1. The van der Waals surface area contributed by atoms with Gasteiger partial charge in [-0.25, -0.2) is 0 Å². The summed E-state index contributed by atoms with van der Waals surface area (Å²) in [6, 6.07) is 4.53. The second kappa shape index (κ2) is 7.64. The monoisotopic (exact) mass is 293 g/mol. The number of anilines is 2. The predicted octanol–water partition coefficient (Wildman–Crippen LogP) is 2.42. The van der Waals surface area contributed by atoms with Crippen molar-refractivity contribution < 1.29 is 4.74 Å². The lowest BCUT2D eigenvalue weighted by molar-refractivity contribution is 0.292. The zero-order valence-electron chi connectivity index (χ0n) is 11.7. The first-order valence-electron chi connectivity index (χ1n) is 6.64. The Bertz CT molecular complexity index is 517. The van der Waals surface area contributed by atoms with Crippen LogP contribution in [0.2, 0.25) is 0 Å². The van der Waals surface area contributed by atoms with Gasteiger partial charge in [-0.15, -0.1) is 11.3 Å². The molecule has 0 aromatic carbocycles. The largest absolute Gasteiger partial charge is 0.463 e. The molecule has 2 aromatic heterocycles. The van der Waals surface area contributed by atoms with Crippen molar-refractivity contribution in [3.8, 4) is 6.01 Å². The summed E-state index contributed by atoms with van der Waals surface area (Å²) in [4.78, 5) is 14.0. The Morgan fingerprint density at radius 1 is 1.25 bits per heavy atom. The van der Waals surface area contributed by atoms with E-state index >= 15 is 0 Å². The van der Waals surface area contributed by atoms with Gasteiger partial charge in [0.05, 0.1) is 6.61 Å². The molecule has 2 N–H and O–H groups in total. The van der Waals surface area contributed by atoms with Crippen molar-refractivity contribution in [1.29, 1.82) is 0 Å². The van der Waals surface area contributed by atoms with Gasteiger partial charge in [-0.05, 0) is 24.3 Å². The summed E-state index contributed by atoms with van der Waals surface area (Å²) in [6.07, 6.45) is 1.87. The Morgan fingerprint density at radius 3 is 2.80 bits per heavy atom. The van der Waals surface area contributed by atoms with E-state index in [1.165, 1.54) is 4.88 Å². The van der Waals surface area contributed by atoms with Gasteiger partial charge in [0.15, 0.2) is 0 Å². The van der Waals surface area contributed by atoms with E-state index in [4.69, 9.17) is 4.74 Å². The lowest BCUT2D eigenvalue weighted by atomic mass is 10.3. The Morgan fingerprint density at radius 2 is 2.10 bits per heavy atom. The molecule has 0 aliphatic carbocycles. The van der Waals surface area contributed by atoms with Gasteiger partial charge < -0.3 is 15.4 Å². The third-order valence-electron chi connectivity index (χ3n) is 2.51. The molecular weight excluding hydrogens is 274 g/mol. The third-order valence-corrected chi connectivity index (χ3v) is 3.44. The zero-order valence-corrected chi connectivity index (χ0v) is 12.5. The molecule has 0 saturated carbocycles. The number of nitrogens with zero attached hydrogens (tertiary/aromatic N) is 3. The van der Waals surface area contributed by atoms with Crippen LogP contribution in [0.5, 0.6) is 6.01 Å². The molecule has 2 aromatic rings. The van der Waals surface area contributed by atoms with E-state index < -0.39 is 0 Å². The molecule has 2 rings (SSSR count). The number of rotatable bonds is 8. The van der Waals surface area contributed by atoms with E-state index in [1.807, 2.05) is 6.92 Å².